The molecule has 6 fully saturated rings. The van der Waals surface area contributed by atoms with Gasteiger partial charge in [0.15, 0.2) is 0 Å². The molecule has 0 bridgehead atoms. The molecule has 6 saturated carbocycles. The SMILES string of the molecule is [Cl][Pd]([Cl])([PH](C1CCCCC1)(C1CCCCC1)C1CCCCC1)[PH](C1CCCCC1)(C1CCCCC1)C1CCCCC1. The molecule has 6 rings (SSSR count). The molecule has 0 aromatic heterocycles. The number of rotatable bonds is 8. The van der Waals surface area contributed by atoms with Gasteiger partial charge in [0.1, 0.15) is 0 Å². The molecule has 0 aliphatic heterocycles. The van der Waals surface area contributed by atoms with E-state index in [1.807, 2.05) is 0 Å². The molecule has 0 spiro atoms. The summed E-state index contributed by atoms with van der Waals surface area (Å²) in [5.41, 5.74) is 2.05. The summed E-state index contributed by atoms with van der Waals surface area (Å²) < 4.78 is 0. The van der Waals surface area contributed by atoms with Gasteiger partial charge in [0.05, 0.1) is 0 Å². The predicted octanol–water partition coefficient (Wildman–Crippen LogP) is 13.8. The number of hydrogen-bond acceptors (Lipinski definition) is 0. The van der Waals surface area contributed by atoms with Gasteiger partial charge in [-0.1, -0.05) is 0 Å². The summed E-state index contributed by atoms with van der Waals surface area (Å²) in [5.74, 6) is 0. The van der Waals surface area contributed by atoms with Crippen molar-refractivity contribution < 1.29 is 12.5 Å². The third-order valence-corrected chi connectivity index (χ3v) is 72.0. The van der Waals surface area contributed by atoms with Crippen LogP contribution in [0.4, 0.5) is 0 Å². The van der Waals surface area contributed by atoms with Crippen LogP contribution in [0.3, 0.4) is 0 Å². The second-order valence-corrected chi connectivity index (χ2v) is 51.0. The maximum atomic E-state index is 9.22. The number of halogens is 2. The van der Waals surface area contributed by atoms with Gasteiger partial charge in [-0.2, -0.15) is 0 Å². The fourth-order valence-electron chi connectivity index (χ4n) is 12.4. The predicted molar refractivity (Wildman–Crippen MR) is 190 cm³/mol. The Morgan fingerprint density at radius 2 is 0.415 bits per heavy atom. The molecular weight excluding hydrogens is 672 g/mol. The van der Waals surface area contributed by atoms with Gasteiger partial charge >= 0.3 is 269 Å². The van der Waals surface area contributed by atoms with Crippen LogP contribution in [0.15, 0.2) is 0 Å². The molecule has 246 valence electrons. The first-order valence-electron chi connectivity index (χ1n) is 19.2. The molecule has 41 heavy (non-hydrogen) atoms. The average Bonchev–Trinajstić information content (AvgIpc) is 3.05. The second kappa shape index (κ2) is 15.3. The van der Waals surface area contributed by atoms with Crippen LogP contribution < -0.4 is 0 Å². The van der Waals surface area contributed by atoms with Crippen LogP contribution in [0.2, 0.25) is 0 Å². The molecule has 0 atom stereocenters. The standard InChI is InChI=1S/2C18H33P.2ClH.Pd/c2*1-4-10-16(11-5-1)19(17-12-6-2-7-13-17)18-14-8-3-9-15-18;;;/h2*16-18H,1-15H2;2*1H;. The van der Waals surface area contributed by atoms with E-state index in [2.05, 4.69) is 0 Å². The van der Waals surface area contributed by atoms with Crippen molar-refractivity contribution in [2.75, 3.05) is 0 Å². The molecule has 6 aliphatic carbocycles. The Morgan fingerprint density at radius 1 is 0.268 bits per heavy atom. The normalized spacial score (nSPS) is 30.3. The average molecular weight is 740 g/mol. The van der Waals surface area contributed by atoms with E-state index in [4.69, 9.17) is 0 Å². The Kier molecular flexibility index (Phi) is 12.4. The molecule has 0 unspecified atom stereocenters. The summed E-state index contributed by atoms with van der Waals surface area (Å²) in [6.07, 6.45) is 45.5. The van der Waals surface area contributed by atoms with Crippen molar-refractivity contribution in [1.29, 1.82) is 0 Å². The zero-order chi connectivity index (χ0) is 28.2. The summed E-state index contributed by atoms with van der Waals surface area (Å²) in [4.78, 5) is 0. The molecule has 6 aliphatic rings. The summed E-state index contributed by atoms with van der Waals surface area (Å²) in [5, 5.41) is 0. The molecular formula is C36H68Cl2P2Pd. The van der Waals surface area contributed by atoms with Gasteiger partial charge in [0.25, 0.3) is 0 Å². The van der Waals surface area contributed by atoms with Gasteiger partial charge in [0, 0.05) is 0 Å². The summed E-state index contributed by atoms with van der Waals surface area (Å²) >= 11 is -2.75. The van der Waals surface area contributed by atoms with Crippen LogP contribution >= 0.6 is 30.0 Å². The molecule has 0 nitrogen and oxygen atoms in total. The van der Waals surface area contributed by atoms with E-state index in [9.17, 15) is 19.1 Å². The van der Waals surface area contributed by atoms with Gasteiger partial charge in [-0.3, -0.25) is 0 Å². The Labute approximate surface area is 267 Å². The number of hydrogen-bond donors (Lipinski definition) is 0. The quantitative estimate of drug-likeness (QED) is 0.172. The van der Waals surface area contributed by atoms with E-state index >= 15 is 0 Å². The van der Waals surface area contributed by atoms with Crippen LogP contribution in [0, 0.1) is 0 Å². The van der Waals surface area contributed by atoms with Crippen molar-refractivity contribution in [3.05, 3.63) is 0 Å². The Balaban J connectivity index is 1.58. The third kappa shape index (κ3) is 6.25. The van der Waals surface area contributed by atoms with Crippen molar-refractivity contribution in [3.8, 4) is 0 Å². The van der Waals surface area contributed by atoms with E-state index in [1.54, 1.807) is 77.0 Å². The zero-order valence-corrected chi connectivity index (χ0v) is 31.8. The Bertz CT molecular complexity index is 628. The summed E-state index contributed by atoms with van der Waals surface area (Å²) in [6, 6.07) is 0. The van der Waals surface area contributed by atoms with Gasteiger partial charge < -0.3 is 0 Å². The van der Waals surface area contributed by atoms with E-state index in [0.717, 1.165) is 34.0 Å². The van der Waals surface area contributed by atoms with E-state index in [0.29, 0.717) is 0 Å². The molecule has 0 N–H and O–H groups in total. The van der Waals surface area contributed by atoms with Gasteiger partial charge in [-0.05, 0) is 0 Å². The molecule has 0 heterocycles. The van der Waals surface area contributed by atoms with E-state index in [1.165, 1.54) is 116 Å². The van der Waals surface area contributed by atoms with Crippen molar-refractivity contribution in [2.45, 2.75) is 227 Å². The van der Waals surface area contributed by atoms with Crippen LogP contribution in [0.25, 0.3) is 0 Å². The van der Waals surface area contributed by atoms with Gasteiger partial charge in [-0.15, -0.1) is 0 Å². The van der Waals surface area contributed by atoms with Crippen LogP contribution in [0.1, 0.15) is 193 Å². The van der Waals surface area contributed by atoms with Crippen molar-refractivity contribution in [2.24, 2.45) is 0 Å². The maximum absolute atomic E-state index is 9.22. The third-order valence-electron chi connectivity index (χ3n) is 13.9. The first kappa shape index (κ1) is 33.0. The first-order valence-corrected chi connectivity index (χ1v) is 32.0. The fraction of sp³-hybridized carbons (Fsp3) is 1.00. The van der Waals surface area contributed by atoms with Gasteiger partial charge in [-0.25, -0.2) is 0 Å². The molecule has 0 aromatic rings. The van der Waals surface area contributed by atoms with Crippen LogP contribution in [-0.2, 0) is 12.5 Å². The Hall–Kier alpha value is 2.10. The van der Waals surface area contributed by atoms with Crippen molar-refractivity contribution >= 4 is 30.0 Å². The summed E-state index contributed by atoms with van der Waals surface area (Å²) in [6.45, 7) is 0. The van der Waals surface area contributed by atoms with Crippen molar-refractivity contribution in [1.82, 2.24) is 0 Å². The topological polar surface area (TPSA) is 0 Å². The van der Waals surface area contributed by atoms with Crippen molar-refractivity contribution in [3.63, 3.8) is 0 Å². The second-order valence-electron chi connectivity index (χ2n) is 15.9. The molecule has 0 aromatic carbocycles. The molecule has 5 heteroatoms. The minimum atomic E-state index is -2.75. The molecule has 0 amide bonds. The molecule has 0 saturated heterocycles. The fourth-order valence-corrected chi connectivity index (χ4v) is 95.2. The van der Waals surface area contributed by atoms with Gasteiger partial charge in [0.2, 0.25) is 0 Å². The summed E-state index contributed by atoms with van der Waals surface area (Å²) in [7, 11) is 18.4. The monoisotopic (exact) mass is 738 g/mol. The van der Waals surface area contributed by atoms with Crippen LogP contribution in [-0.4, -0.2) is 34.0 Å². The molecule has 0 radical (unpaired) electrons. The Morgan fingerprint density at radius 3 is 0.561 bits per heavy atom. The van der Waals surface area contributed by atoms with Crippen LogP contribution in [0.5, 0.6) is 0 Å². The zero-order valence-electron chi connectivity index (χ0n) is 26.7. The van der Waals surface area contributed by atoms with E-state index in [-0.39, 0.29) is 0 Å². The minimum absolute atomic E-state index is 0.997. The first-order chi connectivity index (χ1) is 20.1. The van der Waals surface area contributed by atoms with E-state index < -0.39 is 23.4 Å².